The normalized spacial score (nSPS) is 12.5. The van der Waals surface area contributed by atoms with Crippen molar-refractivity contribution < 1.29 is 9.18 Å². The van der Waals surface area contributed by atoms with E-state index in [0.29, 0.717) is 12.8 Å². The molecule has 1 aromatic carbocycles. The standard InChI is InChI=1S/C10H12FNO/c11-9-4-1-8(2-5-9)3-6-10(12)7-13/h1-2,4-5,7,10H,3,6,12H2. The van der Waals surface area contributed by atoms with Crippen LogP contribution in [0.15, 0.2) is 24.3 Å². The fraction of sp³-hybridized carbons (Fsp3) is 0.300. The molecule has 0 amide bonds. The van der Waals surface area contributed by atoms with E-state index in [2.05, 4.69) is 0 Å². The molecule has 0 aliphatic heterocycles. The minimum Gasteiger partial charge on any atom is -0.322 e. The first-order valence-electron chi connectivity index (χ1n) is 4.17. The van der Waals surface area contributed by atoms with Gasteiger partial charge in [0.1, 0.15) is 12.1 Å². The van der Waals surface area contributed by atoms with Crippen LogP contribution in [-0.2, 0) is 11.2 Å². The highest BCUT2D eigenvalue weighted by atomic mass is 19.1. The van der Waals surface area contributed by atoms with E-state index in [1.807, 2.05) is 0 Å². The van der Waals surface area contributed by atoms with Crippen molar-refractivity contribution in [2.75, 3.05) is 0 Å². The molecule has 0 heterocycles. The van der Waals surface area contributed by atoms with E-state index >= 15 is 0 Å². The van der Waals surface area contributed by atoms with Gasteiger partial charge in [-0.2, -0.15) is 0 Å². The van der Waals surface area contributed by atoms with Gasteiger partial charge in [0.2, 0.25) is 0 Å². The lowest BCUT2D eigenvalue weighted by molar-refractivity contribution is -0.109. The monoisotopic (exact) mass is 181 g/mol. The van der Waals surface area contributed by atoms with Crippen LogP contribution in [0.25, 0.3) is 0 Å². The van der Waals surface area contributed by atoms with Gasteiger partial charge in [0.25, 0.3) is 0 Å². The number of hydrogen-bond donors (Lipinski definition) is 1. The van der Waals surface area contributed by atoms with Gasteiger partial charge in [-0.05, 0) is 30.5 Å². The van der Waals surface area contributed by atoms with E-state index < -0.39 is 6.04 Å². The fourth-order valence-electron chi connectivity index (χ4n) is 1.05. The number of aryl methyl sites for hydroxylation is 1. The molecule has 0 aromatic heterocycles. The lowest BCUT2D eigenvalue weighted by atomic mass is 10.1. The molecule has 0 fully saturated rings. The second-order valence-electron chi connectivity index (χ2n) is 2.97. The number of hydrogen-bond acceptors (Lipinski definition) is 2. The van der Waals surface area contributed by atoms with Crippen LogP contribution in [0.4, 0.5) is 4.39 Å². The summed E-state index contributed by atoms with van der Waals surface area (Å²) in [5.74, 6) is -0.247. The fourth-order valence-corrected chi connectivity index (χ4v) is 1.05. The SMILES string of the molecule is NC(C=O)CCc1ccc(F)cc1. The second-order valence-corrected chi connectivity index (χ2v) is 2.97. The van der Waals surface area contributed by atoms with Crippen molar-refractivity contribution >= 4 is 6.29 Å². The number of rotatable bonds is 4. The van der Waals surface area contributed by atoms with Crippen LogP contribution >= 0.6 is 0 Å². The number of benzene rings is 1. The van der Waals surface area contributed by atoms with Crippen molar-refractivity contribution in [2.24, 2.45) is 5.73 Å². The van der Waals surface area contributed by atoms with Crippen LogP contribution in [0.2, 0.25) is 0 Å². The third-order valence-corrected chi connectivity index (χ3v) is 1.85. The van der Waals surface area contributed by atoms with Gasteiger partial charge in [-0.25, -0.2) is 4.39 Å². The Kier molecular flexibility index (Phi) is 3.58. The molecule has 1 rings (SSSR count). The van der Waals surface area contributed by atoms with Crippen molar-refractivity contribution in [1.29, 1.82) is 0 Å². The number of aldehydes is 1. The highest BCUT2D eigenvalue weighted by Gasteiger charge is 2.00. The molecule has 0 saturated heterocycles. The van der Waals surface area contributed by atoms with Gasteiger partial charge in [-0.1, -0.05) is 12.1 Å². The van der Waals surface area contributed by atoms with Gasteiger partial charge in [0, 0.05) is 0 Å². The van der Waals surface area contributed by atoms with Crippen molar-refractivity contribution in [3.8, 4) is 0 Å². The van der Waals surface area contributed by atoms with Crippen LogP contribution < -0.4 is 5.73 Å². The van der Waals surface area contributed by atoms with E-state index in [0.717, 1.165) is 11.8 Å². The van der Waals surface area contributed by atoms with E-state index in [1.165, 1.54) is 12.1 Å². The minimum absolute atomic E-state index is 0.247. The van der Waals surface area contributed by atoms with E-state index in [1.54, 1.807) is 12.1 Å². The maximum Gasteiger partial charge on any atom is 0.136 e. The Balaban J connectivity index is 2.45. The molecule has 0 aliphatic rings. The number of halogens is 1. The van der Waals surface area contributed by atoms with Crippen LogP contribution in [0.5, 0.6) is 0 Å². The molecule has 0 radical (unpaired) electrons. The zero-order valence-corrected chi connectivity index (χ0v) is 7.24. The Morgan fingerprint density at radius 3 is 2.54 bits per heavy atom. The lowest BCUT2D eigenvalue weighted by Crippen LogP contribution is -2.21. The Labute approximate surface area is 76.6 Å². The first-order chi connectivity index (χ1) is 6.22. The lowest BCUT2D eigenvalue weighted by Gasteiger charge is -2.03. The Bertz CT molecular complexity index is 271. The van der Waals surface area contributed by atoms with Crippen molar-refractivity contribution in [3.63, 3.8) is 0 Å². The van der Waals surface area contributed by atoms with Gasteiger partial charge in [-0.15, -0.1) is 0 Å². The third-order valence-electron chi connectivity index (χ3n) is 1.85. The van der Waals surface area contributed by atoms with Crippen LogP contribution in [0.1, 0.15) is 12.0 Å². The molecule has 2 nitrogen and oxygen atoms in total. The van der Waals surface area contributed by atoms with Crippen LogP contribution in [-0.4, -0.2) is 12.3 Å². The predicted molar refractivity (Wildman–Crippen MR) is 48.8 cm³/mol. The molecule has 13 heavy (non-hydrogen) atoms. The Hall–Kier alpha value is -1.22. The molecule has 70 valence electrons. The maximum absolute atomic E-state index is 12.5. The van der Waals surface area contributed by atoms with E-state index in [9.17, 15) is 9.18 Å². The molecule has 2 N–H and O–H groups in total. The summed E-state index contributed by atoms with van der Waals surface area (Å²) in [4.78, 5) is 10.2. The molecule has 0 saturated carbocycles. The summed E-state index contributed by atoms with van der Waals surface area (Å²) < 4.78 is 12.5. The van der Waals surface area contributed by atoms with Crippen molar-refractivity contribution in [1.82, 2.24) is 0 Å². The quantitative estimate of drug-likeness (QED) is 0.711. The highest BCUT2D eigenvalue weighted by Crippen LogP contribution is 2.05. The highest BCUT2D eigenvalue weighted by molar-refractivity contribution is 5.56. The van der Waals surface area contributed by atoms with Crippen LogP contribution in [0, 0.1) is 5.82 Å². The first-order valence-corrected chi connectivity index (χ1v) is 4.17. The third kappa shape index (κ3) is 3.34. The molecule has 0 aliphatic carbocycles. The largest absolute Gasteiger partial charge is 0.322 e. The van der Waals surface area contributed by atoms with Gasteiger partial charge in [-0.3, -0.25) is 0 Å². The van der Waals surface area contributed by atoms with Gasteiger partial charge in [0.05, 0.1) is 6.04 Å². The zero-order valence-electron chi connectivity index (χ0n) is 7.24. The summed E-state index contributed by atoms with van der Waals surface area (Å²) in [7, 11) is 0. The molecule has 1 aromatic rings. The number of nitrogens with two attached hydrogens (primary N) is 1. The molecule has 1 unspecified atom stereocenters. The molecule has 0 bridgehead atoms. The topological polar surface area (TPSA) is 43.1 Å². The Morgan fingerprint density at radius 1 is 1.38 bits per heavy atom. The molecule has 1 atom stereocenters. The average molecular weight is 181 g/mol. The zero-order chi connectivity index (χ0) is 9.68. The van der Waals surface area contributed by atoms with Gasteiger partial charge >= 0.3 is 0 Å². The molecule has 0 spiro atoms. The Morgan fingerprint density at radius 2 is 2.00 bits per heavy atom. The summed E-state index contributed by atoms with van der Waals surface area (Å²) >= 11 is 0. The van der Waals surface area contributed by atoms with E-state index in [-0.39, 0.29) is 5.82 Å². The minimum atomic E-state index is -0.412. The summed E-state index contributed by atoms with van der Waals surface area (Å²) in [6, 6.07) is 5.80. The second kappa shape index (κ2) is 4.72. The summed E-state index contributed by atoms with van der Waals surface area (Å²) in [5.41, 5.74) is 6.41. The molecular formula is C10H12FNO. The van der Waals surface area contributed by atoms with Gasteiger partial charge < -0.3 is 10.5 Å². The summed E-state index contributed by atoms with van der Waals surface area (Å²) in [6.45, 7) is 0. The summed E-state index contributed by atoms with van der Waals surface area (Å²) in [5, 5.41) is 0. The van der Waals surface area contributed by atoms with Gasteiger partial charge in [0.15, 0.2) is 0 Å². The smallest absolute Gasteiger partial charge is 0.136 e. The van der Waals surface area contributed by atoms with Crippen molar-refractivity contribution in [2.45, 2.75) is 18.9 Å². The number of carbonyl (C=O) groups is 1. The first kappa shape index (κ1) is 9.86. The van der Waals surface area contributed by atoms with Crippen LogP contribution in [0.3, 0.4) is 0 Å². The average Bonchev–Trinajstić information content (AvgIpc) is 2.16. The maximum atomic E-state index is 12.5. The predicted octanol–water partition coefficient (Wildman–Crippen LogP) is 1.28. The molecule has 3 heteroatoms. The number of carbonyl (C=O) groups excluding carboxylic acids is 1. The molecular weight excluding hydrogens is 169 g/mol. The van der Waals surface area contributed by atoms with Crippen molar-refractivity contribution in [3.05, 3.63) is 35.6 Å². The van der Waals surface area contributed by atoms with E-state index in [4.69, 9.17) is 5.73 Å². The summed E-state index contributed by atoms with van der Waals surface area (Å²) in [6.07, 6.45) is 2.04.